The van der Waals surface area contributed by atoms with Crippen molar-refractivity contribution in [3.05, 3.63) is 76.0 Å². The molecule has 2 aromatic carbocycles. The van der Waals surface area contributed by atoms with E-state index in [1.54, 1.807) is 9.80 Å². The fourth-order valence-corrected chi connectivity index (χ4v) is 4.62. The first-order valence-electron chi connectivity index (χ1n) is 11.0. The van der Waals surface area contributed by atoms with Crippen LogP contribution in [0.5, 0.6) is 5.75 Å². The number of urea groups is 1. The van der Waals surface area contributed by atoms with Crippen LogP contribution in [0.1, 0.15) is 22.4 Å². The Hall–Kier alpha value is -3.53. The van der Waals surface area contributed by atoms with Crippen LogP contribution < -0.4 is 15.0 Å². The highest BCUT2D eigenvalue weighted by Gasteiger charge is 2.31. The summed E-state index contributed by atoms with van der Waals surface area (Å²) < 4.78 is 41.1. The Morgan fingerprint density at radius 1 is 1.11 bits per heavy atom. The van der Waals surface area contributed by atoms with E-state index in [-0.39, 0.29) is 30.7 Å². The van der Waals surface area contributed by atoms with Crippen LogP contribution in [0.25, 0.3) is 0 Å². The van der Waals surface area contributed by atoms with Gasteiger partial charge < -0.3 is 15.0 Å². The van der Waals surface area contributed by atoms with Gasteiger partial charge in [-0.2, -0.15) is 0 Å². The van der Waals surface area contributed by atoms with Crippen LogP contribution >= 0.6 is 11.3 Å². The van der Waals surface area contributed by atoms with E-state index in [2.05, 4.69) is 10.1 Å². The van der Waals surface area contributed by atoms with E-state index in [4.69, 9.17) is 0 Å². The summed E-state index contributed by atoms with van der Waals surface area (Å²) >= 11 is 1.51. The lowest BCUT2D eigenvalue weighted by molar-refractivity contribution is -0.274. The highest BCUT2D eigenvalue weighted by molar-refractivity contribution is 7.10. The smallest absolute Gasteiger partial charge is 0.406 e. The summed E-state index contributed by atoms with van der Waals surface area (Å²) in [7, 11) is 0. The number of anilines is 2. The zero-order valence-corrected chi connectivity index (χ0v) is 19.8. The third-order valence-corrected chi connectivity index (χ3v) is 6.35. The van der Waals surface area contributed by atoms with E-state index in [1.807, 2.05) is 42.6 Å². The molecular formula is C25H24F3N3O3S. The van der Waals surface area contributed by atoms with E-state index < -0.39 is 6.36 Å². The quantitative estimate of drug-likeness (QED) is 0.432. The zero-order valence-electron chi connectivity index (χ0n) is 19.0. The summed E-state index contributed by atoms with van der Waals surface area (Å²) in [6.45, 7) is 3.16. The van der Waals surface area contributed by atoms with Crippen molar-refractivity contribution in [2.45, 2.75) is 32.7 Å². The Morgan fingerprint density at radius 2 is 1.89 bits per heavy atom. The van der Waals surface area contributed by atoms with Gasteiger partial charge in [0.1, 0.15) is 5.75 Å². The van der Waals surface area contributed by atoms with Crippen molar-refractivity contribution in [3.63, 3.8) is 0 Å². The summed E-state index contributed by atoms with van der Waals surface area (Å²) in [5, 5.41) is 4.86. The number of thiophene rings is 1. The van der Waals surface area contributed by atoms with Crippen molar-refractivity contribution in [1.82, 2.24) is 4.90 Å². The van der Waals surface area contributed by atoms with Crippen molar-refractivity contribution in [1.29, 1.82) is 0 Å². The normalized spacial score (nSPS) is 14.2. The van der Waals surface area contributed by atoms with Gasteiger partial charge in [-0.05, 0) is 60.2 Å². The Labute approximate surface area is 204 Å². The molecule has 0 bridgehead atoms. The van der Waals surface area contributed by atoms with E-state index in [0.29, 0.717) is 36.4 Å². The summed E-state index contributed by atoms with van der Waals surface area (Å²) in [6.07, 6.45) is -3.80. The molecule has 3 amide bonds. The fourth-order valence-electron chi connectivity index (χ4n) is 3.92. The molecule has 6 nitrogen and oxygen atoms in total. The first kappa shape index (κ1) is 24.6. The van der Waals surface area contributed by atoms with Crippen LogP contribution in [-0.4, -0.2) is 36.3 Å². The number of hydrogen-bond acceptors (Lipinski definition) is 4. The Balaban J connectivity index is 1.47. The van der Waals surface area contributed by atoms with Crippen molar-refractivity contribution < 1.29 is 27.5 Å². The molecule has 1 saturated heterocycles. The molecule has 1 fully saturated rings. The van der Waals surface area contributed by atoms with Crippen molar-refractivity contribution in [2.24, 2.45) is 0 Å². The maximum absolute atomic E-state index is 13.3. The summed E-state index contributed by atoms with van der Waals surface area (Å²) in [5.74, 6) is -0.475. The van der Waals surface area contributed by atoms with Gasteiger partial charge >= 0.3 is 12.4 Å². The lowest BCUT2D eigenvalue weighted by Gasteiger charge is -2.36. The van der Waals surface area contributed by atoms with Gasteiger partial charge in [0.25, 0.3) is 0 Å². The second kappa shape index (κ2) is 10.4. The minimum Gasteiger partial charge on any atom is -0.406 e. The number of hydrogen-bond donors (Lipinski definition) is 1. The Kier molecular flexibility index (Phi) is 7.30. The number of amides is 3. The van der Waals surface area contributed by atoms with Gasteiger partial charge in [-0.1, -0.05) is 24.3 Å². The molecule has 10 heteroatoms. The van der Waals surface area contributed by atoms with Gasteiger partial charge in [0.05, 0.1) is 17.8 Å². The Morgan fingerprint density at radius 3 is 2.57 bits per heavy atom. The van der Waals surface area contributed by atoms with Gasteiger partial charge in [0, 0.05) is 24.5 Å². The average molecular weight is 504 g/mol. The standard InChI is InChI=1S/C25H24F3N3O3S/c1-17-5-10-22(21(14-17)29-23(32)15-20-4-2-13-35-20)31-12-3-11-30(24(31)33)16-18-6-8-19(9-7-18)34-25(26,27)28/h2,4-10,13-14H,3,11-12,15-16H2,1H3,(H,29,32). The van der Waals surface area contributed by atoms with Crippen molar-refractivity contribution >= 4 is 34.6 Å². The molecule has 0 unspecified atom stereocenters. The van der Waals surface area contributed by atoms with E-state index in [1.165, 1.54) is 35.6 Å². The maximum Gasteiger partial charge on any atom is 0.573 e. The first-order valence-corrected chi connectivity index (χ1v) is 11.9. The summed E-state index contributed by atoms with van der Waals surface area (Å²) in [5.41, 5.74) is 2.81. The number of nitrogens with zero attached hydrogens (tertiary/aromatic N) is 2. The lowest BCUT2D eigenvalue weighted by atomic mass is 10.1. The molecule has 184 valence electrons. The van der Waals surface area contributed by atoms with Gasteiger partial charge in [0.2, 0.25) is 5.91 Å². The minimum atomic E-state index is -4.75. The van der Waals surface area contributed by atoms with Crippen LogP contribution in [0.3, 0.4) is 0 Å². The minimum absolute atomic E-state index is 0.165. The van der Waals surface area contributed by atoms with Gasteiger partial charge in [-0.25, -0.2) is 4.79 Å². The maximum atomic E-state index is 13.3. The molecule has 4 rings (SSSR count). The number of alkyl halides is 3. The lowest BCUT2D eigenvalue weighted by Crippen LogP contribution is -2.49. The first-order chi connectivity index (χ1) is 16.7. The number of carbonyl (C=O) groups excluding carboxylic acids is 2. The number of nitrogens with one attached hydrogen (secondary N) is 1. The van der Waals surface area contributed by atoms with Gasteiger partial charge in [-0.3, -0.25) is 9.69 Å². The van der Waals surface area contributed by atoms with Crippen LogP contribution in [0.2, 0.25) is 0 Å². The topological polar surface area (TPSA) is 61.9 Å². The zero-order chi connectivity index (χ0) is 25.0. The van der Waals surface area contributed by atoms with E-state index in [9.17, 15) is 22.8 Å². The largest absolute Gasteiger partial charge is 0.573 e. The summed E-state index contributed by atoms with van der Waals surface area (Å²) in [4.78, 5) is 30.2. The molecule has 0 radical (unpaired) electrons. The van der Waals surface area contributed by atoms with E-state index in [0.717, 1.165) is 10.4 Å². The molecule has 1 N–H and O–H groups in total. The number of halogens is 3. The highest BCUT2D eigenvalue weighted by Crippen LogP contribution is 2.31. The van der Waals surface area contributed by atoms with Crippen molar-refractivity contribution in [3.8, 4) is 5.75 Å². The van der Waals surface area contributed by atoms with Crippen LogP contribution in [0.4, 0.5) is 29.3 Å². The number of aryl methyl sites for hydroxylation is 1. The number of benzene rings is 2. The predicted molar refractivity (Wildman–Crippen MR) is 129 cm³/mol. The number of rotatable bonds is 7. The molecular weight excluding hydrogens is 479 g/mol. The highest BCUT2D eigenvalue weighted by atomic mass is 32.1. The van der Waals surface area contributed by atoms with Crippen LogP contribution in [-0.2, 0) is 17.8 Å². The molecule has 0 saturated carbocycles. The fraction of sp³-hybridized carbons (Fsp3) is 0.280. The van der Waals surface area contributed by atoms with Crippen molar-refractivity contribution in [2.75, 3.05) is 23.3 Å². The third-order valence-electron chi connectivity index (χ3n) is 5.47. The van der Waals surface area contributed by atoms with Gasteiger partial charge in [-0.15, -0.1) is 24.5 Å². The van der Waals surface area contributed by atoms with Gasteiger partial charge in [0.15, 0.2) is 0 Å². The molecule has 1 aliphatic rings. The summed E-state index contributed by atoms with van der Waals surface area (Å²) in [6, 6.07) is 14.6. The molecule has 0 aliphatic carbocycles. The second-order valence-electron chi connectivity index (χ2n) is 8.23. The Bertz CT molecular complexity index is 1180. The monoisotopic (exact) mass is 503 g/mol. The van der Waals surface area contributed by atoms with E-state index >= 15 is 0 Å². The van der Waals surface area contributed by atoms with Crippen LogP contribution in [0.15, 0.2) is 60.0 Å². The molecule has 0 spiro atoms. The molecule has 0 atom stereocenters. The SMILES string of the molecule is Cc1ccc(N2CCCN(Cc3ccc(OC(F)(F)F)cc3)C2=O)c(NC(=O)Cc2cccs2)c1. The number of ether oxygens (including phenoxy) is 1. The third kappa shape index (κ3) is 6.54. The molecule has 35 heavy (non-hydrogen) atoms. The molecule has 1 aliphatic heterocycles. The predicted octanol–water partition coefficient (Wildman–Crippen LogP) is 5.97. The number of carbonyl (C=O) groups is 2. The molecule has 3 aromatic rings. The van der Waals surface area contributed by atoms with Crippen LogP contribution in [0, 0.1) is 6.92 Å². The second-order valence-corrected chi connectivity index (χ2v) is 9.26. The average Bonchev–Trinajstić information content (AvgIpc) is 3.29. The molecule has 1 aromatic heterocycles. The molecule has 2 heterocycles.